The molecule has 0 saturated heterocycles. The van der Waals surface area contributed by atoms with Crippen LogP contribution in [0.4, 0.5) is 5.69 Å². The van der Waals surface area contributed by atoms with Gasteiger partial charge in [-0.15, -0.1) is 0 Å². The molecule has 24 heavy (non-hydrogen) atoms. The molecule has 0 bridgehead atoms. The maximum atomic E-state index is 11.1. The number of nitro groups is 1. The van der Waals surface area contributed by atoms with Gasteiger partial charge in [0.1, 0.15) is 18.1 Å². The zero-order valence-electron chi connectivity index (χ0n) is 12.0. The number of hydrogen-bond donors (Lipinski definition) is 0. The molecule has 0 saturated carbocycles. The highest BCUT2D eigenvalue weighted by molar-refractivity contribution is 9.12. The molecular weight excluding hydrogens is 489 g/mol. The zero-order valence-corrected chi connectivity index (χ0v) is 16.7. The molecule has 5 nitrogen and oxygen atoms in total. The van der Waals surface area contributed by atoms with E-state index < -0.39 is 4.92 Å². The Bertz CT molecular complexity index is 745. The van der Waals surface area contributed by atoms with Gasteiger partial charge in [-0.2, -0.15) is 0 Å². The molecule has 0 heterocycles. The number of nitrogens with zero attached hydrogens (tertiary/aromatic N) is 1. The summed E-state index contributed by atoms with van der Waals surface area (Å²) < 4.78 is 11.2. The average molecular weight is 500 g/mol. The number of ether oxygens (including phenoxy) is 2. The molecule has 1 atom stereocenters. The fourth-order valence-corrected chi connectivity index (χ4v) is 2.50. The van der Waals surface area contributed by atoms with Crippen LogP contribution in [0.3, 0.4) is 0 Å². The van der Waals surface area contributed by atoms with Crippen molar-refractivity contribution in [1.82, 2.24) is 0 Å². The van der Waals surface area contributed by atoms with Crippen LogP contribution in [0.1, 0.15) is 0 Å². The summed E-state index contributed by atoms with van der Waals surface area (Å²) in [5.74, 6) is 0.873. The van der Waals surface area contributed by atoms with Crippen LogP contribution in [-0.4, -0.2) is 21.7 Å². The fourth-order valence-electron chi connectivity index (χ4n) is 1.73. The normalized spacial score (nSPS) is 11.8. The number of hydrogen-bond acceptors (Lipinski definition) is 4. The standard InChI is InChI=1S/C15H11Br2Cl2NO4/c16-7-9(17)8-23-15-6-11(2-3-13(15)20(21)22)24-14-4-1-10(18)5-12(14)19/h1-6,9H,7-8H2. The molecule has 0 aliphatic rings. The minimum absolute atomic E-state index is 0.0207. The number of nitro benzene ring substituents is 1. The van der Waals surface area contributed by atoms with Gasteiger partial charge in [0.05, 0.1) is 14.8 Å². The van der Waals surface area contributed by atoms with E-state index in [9.17, 15) is 10.1 Å². The second-order valence-electron chi connectivity index (χ2n) is 4.63. The molecule has 0 aliphatic heterocycles. The van der Waals surface area contributed by atoms with Crippen LogP contribution in [0, 0.1) is 10.1 Å². The van der Waals surface area contributed by atoms with Gasteiger partial charge >= 0.3 is 5.69 Å². The first-order valence-corrected chi connectivity index (χ1v) is 9.44. The Morgan fingerprint density at radius 3 is 2.54 bits per heavy atom. The third-order valence-electron chi connectivity index (χ3n) is 2.84. The van der Waals surface area contributed by atoms with E-state index in [-0.39, 0.29) is 22.9 Å². The van der Waals surface area contributed by atoms with E-state index in [1.807, 2.05) is 0 Å². The van der Waals surface area contributed by atoms with Gasteiger partial charge < -0.3 is 9.47 Å². The lowest BCUT2D eigenvalue weighted by Crippen LogP contribution is -2.13. The van der Waals surface area contributed by atoms with Crippen LogP contribution in [0.2, 0.25) is 10.0 Å². The summed E-state index contributed by atoms with van der Waals surface area (Å²) in [7, 11) is 0. The number of alkyl halides is 2. The quantitative estimate of drug-likeness (QED) is 0.257. The van der Waals surface area contributed by atoms with Gasteiger partial charge in [0.2, 0.25) is 5.75 Å². The van der Waals surface area contributed by atoms with Crippen molar-refractivity contribution in [3.63, 3.8) is 0 Å². The van der Waals surface area contributed by atoms with Crippen molar-refractivity contribution in [2.45, 2.75) is 4.83 Å². The molecule has 0 N–H and O–H groups in total. The van der Waals surface area contributed by atoms with E-state index in [1.165, 1.54) is 18.2 Å². The van der Waals surface area contributed by atoms with Crippen molar-refractivity contribution in [3.8, 4) is 17.2 Å². The van der Waals surface area contributed by atoms with Crippen molar-refractivity contribution < 1.29 is 14.4 Å². The second-order valence-corrected chi connectivity index (χ2v) is 7.41. The predicted octanol–water partition coefficient (Wildman–Crippen LogP) is 6.23. The molecule has 0 aliphatic carbocycles. The van der Waals surface area contributed by atoms with Crippen molar-refractivity contribution in [3.05, 3.63) is 56.6 Å². The fraction of sp³-hybridized carbons (Fsp3) is 0.200. The minimum atomic E-state index is -0.508. The third kappa shape index (κ3) is 5.24. The Morgan fingerprint density at radius 1 is 1.17 bits per heavy atom. The predicted molar refractivity (Wildman–Crippen MR) is 102 cm³/mol. The summed E-state index contributed by atoms with van der Waals surface area (Å²) in [6, 6.07) is 9.06. The summed E-state index contributed by atoms with van der Waals surface area (Å²) in [6.45, 7) is 0.261. The number of rotatable bonds is 7. The highest BCUT2D eigenvalue weighted by Crippen LogP contribution is 2.36. The van der Waals surface area contributed by atoms with Gasteiger partial charge in [-0.05, 0) is 24.3 Å². The van der Waals surface area contributed by atoms with E-state index in [0.29, 0.717) is 26.9 Å². The molecular formula is C15H11Br2Cl2NO4. The average Bonchev–Trinajstić information content (AvgIpc) is 2.55. The van der Waals surface area contributed by atoms with Crippen LogP contribution in [0.15, 0.2) is 36.4 Å². The van der Waals surface area contributed by atoms with Gasteiger partial charge in [0.25, 0.3) is 0 Å². The third-order valence-corrected chi connectivity index (χ3v) is 5.61. The summed E-state index contributed by atoms with van der Waals surface area (Å²) in [5, 5.41) is 12.6. The van der Waals surface area contributed by atoms with Gasteiger partial charge in [-0.25, -0.2) is 0 Å². The monoisotopic (exact) mass is 497 g/mol. The van der Waals surface area contributed by atoms with Crippen LogP contribution in [0.5, 0.6) is 17.2 Å². The zero-order chi connectivity index (χ0) is 17.7. The summed E-state index contributed by atoms with van der Waals surface area (Å²) >= 11 is 18.6. The Balaban J connectivity index is 2.26. The van der Waals surface area contributed by atoms with E-state index in [4.69, 9.17) is 32.7 Å². The van der Waals surface area contributed by atoms with E-state index in [0.717, 1.165) is 0 Å². The molecule has 0 radical (unpaired) electrons. The van der Waals surface area contributed by atoms with Crippen LogP contribution < -0.4 is 9.47 Å². The Morgan fingerprint density at radius 2 is 1.92 bits per heavy atom. The second kappa shape index (κ2) is 8.89. The molecule has 1 unspecified atom stereocenters. The maximum Gasteiger partial charge on any atom is 0.311 e. The largest absolute Gasteiger partial charge is 0.485 e. The van der Waals surface area contributed by atoms with Crippen molar-refractivity contribution in [2.75, 3.05) is 11.9 Å². The summed E-state index contributed by atoms with van der Waals surface area (Å²) in [4.78, 5) is 10.6. The molecule has 0 spiro atoms. The summed E-state index contributed by atoms with van der Waals surface area (Å²) in [6.07, 6.45) is 0. The van der Waals surface area contributed by atoms with Crippen LogP contribution in [-0.2, 0) is 0 Å². The van der Waals surface area contributed by atoms with E-state index in [1.54, 1.807) is 18.2 Å². The molecule has 0 aromatic heterocycles. The lowest BCUT2D eigenvalue weighted by atomic mass is 10.2. The topological polar surface area (TPSA) is 61.6 Å². The molecule has 0 amide bonds. The first-order chi connectivity index (χ1) is 11.4. The van der Waals surface area contributed by atoms with Crippen LogP contribution >= 0.6 is 55.1 Å². The SMILES string of the molecule is O=[N+]([O-])c1ccc(Oc2ccc(Cl)cc2Cl)cc1OCC(Br)CBr. The Hall–Kier alpha value is -1.02. The van der Waals surface area contributed by atoms with Crippen molar-refractivity contribution in [2.24, 2.45) is 0 Å². The Labute approximate surface area is 165 Å². The number of halogens is 4. The molecule has 2 rings (SSSR count). The van der Waals surface area contributed by atoms with Gasteiger partial charge in [0.15, 0.2) is 0 Å². The summed E-state index contributed by atoms with van der Waals surface area (Å²) in [5.41, 5.74) is -0.140. The minimum Gasteiger partial charge on any atom is -0.485 e. The molecule has 0 fully saturated rings. The van der Waals surface area contributed by atoms with Crippen LogP contribution in [0.25, 0.3) is 0 Å². The van der Waals surface area contributed by atoms with E-state index >= 15 is 0 Å². The smallest absolute Gasteiger partial charge is 0.311 e. The Kier molecular flexibility index (Phi) is 7.16. The highest BCUT2D eigenvalue weighted by Gasteiger charge is 2.18. The van der Waals surface area contributed by atoms with Gasteiger partial charge in [-0.1, -0.05) is 55.1 Å². The molecule has 2 aromatic carbocycles. The highest BCUT2D eigenvalue weighted by atomic mass is 79.9. The lowest BCUT2D eigenvalue weighted by Gasteiger charge is -2.12. The molecule has 128 valence electrons. The maximum absolute atomic E-state index is 11.1. The molecule has 9 heteroatoms. The first-order valence-electron chi connectivity index (χ1n) is 6.65. The van der Waals surface area contributed by atoms with Gasteiger partial charge in [0, 0.05) is 22.5 Å². The molecule has 2 aromatic rings. The first kappa shape index (κ1) is 19.3. The lowest BCUT2D eigenvalue weighted by molar-refractivity contribution is -0.385. The van der Waals surface area contributed by atoms with E-state index in [2.05, 4.69) is 31.9 Å². The van der Waals surface area contributed by atoms with Crippen molar-refractivity contribution in [1.29, 1.82) is 0 Å². The number of benzene rings is 2. The van der Waals surface area contributed by atoms with Crippen molar-refractivity contribution >= 4 is 60.7 Å². The van der Waals surface area contributed by atoms with Gasteiger partial charge in [-0.3, -0.25) is 10.1 Å².